The highest BCUT2D eigenvalue weighted by atomic mass is 16.7. The third-order valence-corrected chi connectivity index (χ3v) is 6.93. The first-order valence-corrected chi connectivity index (χ1v) is 11.2. The van der Waals surface area contributed by atoms with E-state index in [1.165, 1.54) is 32.2 Å². The van der Waals surface area contributed by atoms with Crippen molar-refractivity contribution < 1.29 is 9.31 Å². The van der Waals surface area contributed by atoms with Crippen LogP contribution in [0.25, 0.3) is 0 Å². The van der Waals surface area contributed by atoms with Crippen molar-refractivity contribution in [1.82, 2.24) is 14.9 Å². The maximum Gasteiger partial charge on any atom is 0.498 e. The van der Waals surface area contributed by atoms with Gasteiger partial charge in [-0.3, -0.25) is 0 Å². The molecule has 8 heteroatoms. The quantitative estimate of drug-likeness (QED) is 0.693. The van der Waals surface area contributed by atoms with Gasteiger partial charge < -0.3 is 24.8 Å². The largest absolute Gasteiger partial charge is 0.498 e. The molecule has 2 saturated heterocycles. The van der Waals surface area contributed by atoms with Gasteiger partial charge in [0.25, 0.3) is 0 Å². The monoisotopic (exact) mass is 401 g/mol. The van der Waals surface area contributed by atoms with E-state index in [2.05, 4.69) is 37.5 Å². The number of likely N-dealkylation sites (tertiary alicyclic amines) is 1. The number of nitrogens with two attached hydrogens (primary N) is 1. The predicted octanol–water partition coefficient (Wildman–Crippen LogP) is 1.42. The molecule has 3 heterocycles. The van der Waals surface area contributed by atoms with Crippen LogP contribution in [0.15, 0.2) is 12.4 Å². The first kappa shape index (κ1) is 21.0. The van der Waals surface area contributed by atoms with E-state index in [0.717, 1.165) is 37.6 Å². The van der Waals surface area contributed by atoms with Gasteiger partial charge >= 0.3 is 7.12 Å². The van der Waals surface area contributed by atoms with Crippen molar-refractivity contribution >= 4 is 18.5 Å². The third-order valence-electron chi connectivity index (χ3n) is 6.93. The Kier molecular flexibility index (Phi) is 5.90. The molecule has 1 aliphatic carbocycles. The number of piperidine rings is 1. The molecular weight excluding hydrogens is 365 g/mol. The number of anilines is 1. The third kappa shape index (κ3) is 4.60. The molecule has 1 atom stereocenters. The normalized spacial score (nSPS) is 26.7. The molecule has 7 nitrogen and oxygen atoms in total. The summed E-state index contributed by atoms with van der Waals surface area (Å²) in [5.41, 5.74) is 5.94. The second-order valence-corrected chi connectivity index (χ2v) is 9.89. The summed E-state index contributed by atoms with van der Waals surface area (Å²) in [5, 5.41) is 0. The maximum absolute atomic E-state index is 6.13. The van der Waals surface area contributed by atoms with Crippen LogP contribution in [0.1, 0.15) is 53.4 Å². The molecule has 29 heavy (non-hydrogen) atoms. The van der Waals surface area contributed by atoms with Gasteiger partial charge in [0.15, 0.2) is 0 Å². The average molecular weight is 401 g/mol. The van der Waals surface area contributed by atoms with Crippen LogP contribution < -0.4 is 16.1 Å². The summed E-state index contributed by atoms with van der Waals surface area (Å²) in [4.78, 5) is 14.4. The summed E-state index contributed by atoms with van der Waals surface area (Å²) in [7, 11) is -0.411. The lowest BCUT2D eigenvalue weighted by Crippen LogP contribution is -2.44. The minimum absolute atomic E-state index is 0.354. The maximum atomic E-state index is 6.13. The van der Waals surface area contributed by atoms with Gasteiger partial charge in [0.05, 0.1) is 11.2 Å². The van der Waals surface area contributed by atoms with Gasteiger partial charge in [-0.1, -0.05) is 0 Å². The van der Waals surface area contributed by atoms with Crippen molar-refractivity contribution in [2.45, 2.75) is 70.6 Å². The van der Waals surface area contributed by atoms with E-state index < -0.39 is 7.12 Å². The van der Waals surface area contributed by atoms with Crippen LogP contribution in [0.3, 0.4) is 0 Å². The summed E-state index contributed by atoms with van der Waals surface area (Å²) < 4.78 is 12.3. The molecule has 0 aromatic carbocycles. The number of nitrogens with zero attached hydrogens (tertiary/aromatic N) is 4. The highest BCUT2D eigenvalue weighted by Gasteiger charge is 2.52. The average Bonchev–Trinajstić information content (AvgIpc) is 3.48. The zero-order valence-electron chi connectivity index (χ0n) is 18.4. The summed E-state index contributed by atoms with van der Waals surface area (Å²) in [6.07, 6.45) is 8.76. The van der Waals surface area contributed by atoms with Gasteiger partial charge in [0, 0.05) is 50.1 Å². The van der Waals surface area contributed by atoms with Crippen molar-refractivity contribution in [3.05, 3.63) is 12.4 Å². The van der Waals surface area contributed by atoms with Crippen molar-refractivity contribution in [2.75, 3.05) is 37.6 Å². The zero-order valence-corrected chi connectivity index (χ0v) is 18.4. The van der Waals surface area contributed by atoms with Crippen molar-refractivity contribution in [2.24, 2.45) is 11.7 Å². The molecule has 1 aromatic heterocycles. The van der Waals surface area contributed by atoms with Gasteiger partial charge in [-0.05, 0) is 65.8 Å². The lowest BCUT2D eigenvalue weighted by molar-refractivity contribution is 0.00578. The second-order valence-electron chi connectivity index (χ2n) is 9.89. The summed E-state index contributed by atoms with van der Waals surface area (Å²) in [6, 6.07) is 0.586. The molecule has 0 radical (unpaired) electrons. The minimum atomic E-state index is -0.411. The molecule has 0 bridgehead atoms. The Balaban J connectivity index is 1.43. The van der Waals surface area contributed by atoms with E-state index >= 15 is 0 Å². The number of hydrogen-bond acceptors (Lipinski definition) is 7. The van der Waals surface area contributed by atoms with E-state index in [4.69, 9.17) is 25.0 Å². The van der Waals surface area contributed by atoms with Crippen LogP contribution in [0.2, 0.25) is 0 Å². The Morgan fingerprint density at radius 1 is 1.14 bits per heavy atom. The van der Waals surface area contributed by atoms with E-state index in [9.17, 15) is 0 Å². The first-order chi connectivity index (χ1) is 13.8. The summed E-state index contributed by atoms with van der Waals surface area (Å²) >= 11 is 0. The number of rotatable bonds is 7. The fourth-order valence-electron chi connectivity index (χ4n) is 4.32. The molecule has 3 aliphatic rings. The number of hydrogen-bond donors (Lipinski definition) is 1. The summed E-state index contributed by atoms with van der Waals surface area (Å²) in [5.74, 6) is 1.49. The molecule has 2 aliphatic heterocycles. The predicted molar refractivity (Wildman–Crippen MR) is 116 cm³/mol. The smallest absolute Gasteiger partial charge is 0.399 e. The SMILES string of the molecule is CC1(C)OB(c2cnc(N(C[C@@H]3CCCN(CCN)C3)C3CC3)nc2)OC1(C)C. The Morgan fingerprint density at radius 2 is 1.79 bits per heavy atom. The van der Waals surface area contributed by atoms with Crippen LogP contribution in [0.4, 0.5) is 5.95 Å². The fraction of sp³-hybridized carbons (Fsp3) is 0.810. The van der Waals surface area contributed by atoms with Crippen LogP contribution in [0.5, 0.6) is 0 Å². The Hall–Kier alpha value is -1.22. The Bertz CT molecular complexity index is 677. The molecule has 2 N–H and O–H groups in total. The van der Waals surface area contributed by atoms with E-state index in [1.54, 1.807) is 0 Å². The lowest BCUT2D eigenvalue weighted by atomic mass is 9.81. The lowest BCUT2D eigenvalue weighted by Gasteiger charge is -2.35. The molecule has 0 amide bonds. The van der Waals surface area contributed by atoms with Gasteiger partial charge in [-0.25, -0.2) is 9.97 Å². The van der Waals surface area contributed by atoms with Gasteiger partial charge in [-0.2, -0.15) is 0 Å². The molecule has 0 unspecified atom stereocenters. The molecule has 160 valence electrons. The highest BCUT2D eigenvalue weighted by molar-refractivity contribution is 6.61. The van der Waals surface area contributed by atoms with E-state index in [0.29, 0.717) is 12.0 Å². The second kappa shape index (κ2) is 8.14. The van der Waals surface area contributed by atoms with Crippen LogP contribution in [-0.4, -0.2) is 72.0 Å². The van der Waals surface area contributed by atoms with E-state index in [1.807, 2.05) is 12.4 Å². The molecule has 1 aromatic rings. The van der Waals surface area contributed by atoms with Gasteiger partial charge in [0.2, 0.25) is 5.95 Å². The molecule has 3 fully saturated rings. The van der Waals surface area contributed by atoms with Crippen LogP contribution in [-0.2, 0) is 9.31 Å². The van der Waals surface area contributed by atoms with Gasteiger partial charge in [-0.15, -0.1) is 0 Å². The molecule has 1 saturated carbocycles. The topological polar surface area (TPSA) is 76.7 Å². The van der Waals surface area contributed by atoms with E-state index in [-0.39, 0.29) is 11.2 Å². The highest BCUT2D eigenvalue weighted by Crippen LogP contribution is 2.36. The Morgan fingerprint density at radius 3 is 2.38 bits per heavy atom. The van der Waals surface area contributed by atoms with Crippen molar-refractivity contribution in [3.63, 3.8) is 0 Å². The fourth-order valence-corrected chi connectivity index (χ4v) is 4.32. The number of aromatic nitrogens is 2. The van der Waals surface area contributed by atoms with Crippen molar-refractivity contribution in [1.29, 1.82) is 0 Å². The van der Waals surface area contributed by atoms with Crippen LogP contribution in [0, 0.1) is 5.92 Å². The molecule has 0 spiro atoms. The zero-order chi connectivity index (χ0) is 20.6. The molecular formula is C21H36BN5O2. The van der Waals surface area contributed by atoms with Gasteiger partial charge in [0.1, 0.15) is 0 Å². The Labute approximate surface area is 175 Å². The first-order valence-electron chi connectivity index (χ1n) is 11.2. The molecule has 4 rings (SSSR count). The van der Waals surface area contributed by atoms with Crippen molar-refractivity contribution in [3.8, 4) is 0 Å². The van der Waals surface area contributed by atoms with Crippen LogP contribution >= 0.6 is 0 Å². The minimum Gasteiger partial charge on any atom is -0.399 e. The standard InChI is InChI=1S/C21H36BN5O2/c1-20(2)21(3,4)29-22(28-20)17-12-24-19(25-13-17)27(18-7-8-18)15-16-6-5-10-26(14-16)11-9-23/h12-13,16,18H,5-11,14-15,23H2,1-4H3/t16-/m1/s1. The summed E-state index contributed by atoms with van der Waals surface area (Å²) in [6.45, 7) is 13.3.